The Hall–Kier alpha value is -2.54. The molecule has 2 aromatic carbocycles. The van der Waals surface area contributed by atoms with E-state index in [2.05, 4.69) is 4.72 Å². The predicted molar refractivity (Wildman–Crippen MR) is 87.4 cm³/mol. The van der Waals surface area contributed by atoms with E-state index in [0.29, 0.717) is 17.0 Å². The number of fused-ring (bicyclic) bond motifs is 1. The van der Waals surface area contributed by atoms with E-state index in [1.165, 1.54) is 18.1 Å². The van der Waals surface area contributed by atoms with Crippen LogP contribution < -0.4 is 14.4 Å². The van der Waals surface area contributed by atoms with Crippen LogP contribution in [0.3, 0.4) is 0 Å². The van der Waals surface area contributed by atoms with Crippen molar-refractivity contribution in [2.75, 3.05) is 23.8 Å². The molecule has 3 rings (SSSR count). The first-order chi connectivity index (χ1) is 10.9. The Labute approximate surface area is 134 Å². The number of anilines is 2. The van der Waals surface area contributed by atoms with Crippen molar-refractivity contribution in [3.63, 3.8) is 0 Å². The van der Waals surface area contributed by atoms with Crippen LogP contribution in [0.4, 0.5) is 11.4 Å². The quantitative estimate of drug-likeness (QED) is 0.929. The van der Waals surface area contributed by atoms with Crippen LogP contribution in [0.2, 0.25) is 0 Å². The van der Waals surface area contributed by atoms with Gasteiger partial charge in [-0.1, -0.05) is 6.07 Å². The fraction of sp³-hybridized carbons (Fsp3) is 0.188. The Balaban J connectivity index is 1.91. The first-order valence-corrected chi connectivity index (χ1v) is 8.45. The minimum Gasteiger partial charge on any atom is -0.497 e. The highest BCUT2D eigenvalue weighted by Gasteiger charge is 2.26. The molecule has 0 saturated heterocycles. The molecule has 1 heterocycles. The molecule has 1 amide bonds. The third-order valence-electron chi connectivity index (χ3n) is 3.76. The first-order valence-electron chi connectivity index (χ1n) is 6.97. The van der Waals surface area contributed by atoms with Crippen LogP contribution in [0, 0.1) is 0 Å². The average molecular weight is 332 g/mol. The lowest BCUT2D eigenvalue weighted by atomic mass is 10.2. The standard InChI is InChI=1S/C16H16N2O4S/c1-18-15-7-6-14(8-11(15)9-16(18)19)23(20,21)17-12-4-3-5-13(10-12)22-2/h3-8,10,17H,9H2,1-2H3. The summed E-state index contributed by atoms with van der Waals surface area (Å²) >= 11 is 0. The van der Waals surface area contributed by atoms with E-state index in [9.17, 15) is 13.2 Å². The average Bonchev–Trinajstić information content (AvgIpc) is 2.81. The monoisotopic (exact) mass is 332 g/mol. The molecule has 1 N–H and O–H groups in total. The van der Waals surface area contributed by atoms with Crippen LogP contribution in [0.1, 0.15) is 5.56 Å². The normalized spacial score (nSPS) is 13.8. The summed E-state index contributed by atoms with van der Waals surface area (Å²) in [5.41, 5.74) is 1.87. The van der Waals surface area contributed by atoms with Gasteiger partial charge < -0.3 is 9.64 Å². The van der Waals surface area contributed by atoms with Crippen LogP contribution in [-0.4, -0.2) is 28.5 Å². The van der Waals surface area contributed by atoms with Crippen molar-refractivity contribution in [1.29, 1.82) is 0 Å². The molecule has 23 heavy (non-hydrogen) atoms. The highest BCUT2D eigenvalue weighted by Crippen LogP contribution is 2.30. The van der Waals surface area contributed by atoms with Crippen molar-refractivity contribution in [3.05, 3.63) is 48.0 Å². The molecule has 120 valence electrons. The Kier molecular flexibility index (Phi) is 3.73. The maximum Gasteiger partial charge on any atom is 0.261 e. The number of nitrogens with one attached hydrogen (secondary N) is 1. The largest absolute Gasteiger partial charge is 0.497 e. The number of likely N-dealkylation sites (N-methyl/N-ethyl adjacent to an activating group) is 1. The zero-order valence-corrected chi connectivity index (χ0v) is 13.6. The van der Waals surface area contributed by atoms with Gasteiger partial charge in [-0.15, -0.1) is 0 Å². The van der Waals surface area contributed by atoms with Gasteiger partial charge in [0.25, 0.3) is 10.0 Å². The Morgan fingerprint density at radius 1 is 1.17 bits per heavy atom. The summed E-state index contributed by atoms with van der Waals surface area (Å²) in [6, 6.07) is 11.4. The molecular formula is C16H16N2O4S. The molecule has 0 radical (unpaired) electrons. The second-order valence-corrected chi connectivity index (χ2v) is 6.94. The number of carbonyl (C=O) groups excluding carboxylic acids is 1. The maximum absolute atomic E-state index is 12.5. The maximum atomic E-state index is 12.5. The molecule has 1 aliphatic heterocycles. The van der Waals surface area contributed by atoms with Crippen molar-refractivity contribution in [2.45, 2.75) is 11.3 Å². The van der Waals surface area contributed by atoms with Gasteiger partial charge in [0.2, 0.25) is 5.91 Å². The van der Waals surface area contributed by atoms with Gasteiger partial charge in [0.15, 0.2) is 0 Å². The van der Waals surface area contributed by atoms with Gasteiger partial charge in [0.1, 0.15) is 5.75 Å². The van der Waals surface area contributed by atoms with Crippen LogP contribution >= 0.6 is 0 Å². The van der Waals surface area contributed by atoms with Gasteiger partial charge in [-0.3, -0.25) is 9.52 Å². The van der Waals surface area contributed by atoms with E-state index in [1.807, 2.05) is 0 Å². The first kappa shape index (κ1) is 15.4. The minimum atomic E-state index is -3.73. The summed E-state index contributed by atoms with van der Waals surface area (Å²) in [5, 5.41) is 0. The van der Waals surface area contributed by atoms with E-state index in [0.717, 1.165) is 5.69 Å². The molecular weight excluding hydrogens is 316 g/mol. The van der Waals surface area contributed by atoms with Crippen LogP contribution in [0.5, 0.6) is 5.75 Å². The number of hydrogen-bond acceptors (Lipinski definition) is 4. The summed E-state index contributed by atoms with van der Waals surface area (Å²) in [6.07, 6.45) is 0.217. The summed E-state index contributed by atoms with van der Waals surface area (Å²) in [5.74, 6) is 0.515. The topological polar surface area (TPSA) is 75.7 Å². The van der Waals surface area contributed by atoms with Gasteiger partial charge in [-0.05, 0) is 35.9 Å². The van der Waals surface area contributed by atoms with Gasteiger partial charge in [-0.25, -0.2) is 8.42 Å². The highest BCUT2D eigenvalue weighted by atomic mass is 32.2. The number of rotatable bonds is 4. The number of amides is 1. The van der Waals surface area contributed by atoms with Crippen LogP contribution in [0.25, 0.3) is 0 Å². The number of hydrogen-bond donors (Lipinski definition) is 1. The summed E-state index contributed by atoms with van der Waals surface area (Å²) in [7, 11) is -0.537. The van der Waals surface area contributed by atoms with Crippen molar-refractivity contribution >= 4 is 27.3 Å². The summed E-state index contributed by atoms with van der Waals surface area (Å²) < 4.78 is 32.6. The number of methoxy groups -OCH3 is 1. The lowest BCUT2D eigenvalue weighted by molar-refractivity contribution is -0.117. The number of nitrogens with zero attached hydrogens (tertiary/aromatic N) is 1. The number of ether oxygens (including phenoxy) is 1. The molecule has 0 aliphatic carbocycles. The highest BCUT2D eigenvalue weighted by molar-refractivity contribution is 7.92. The van der Waals surface area contributed by atoms with Gasteiger partial charge >= 0.3 is 0 Å². The molecule has 0 aromatic heterocycles. The molecule has 0 fully saturated rings. The summed E-state index contributed by atoms with van der Waals surface area (Å²) in [4.78, 5) is 13.4. The van der Waals surface area contributed by atoms with Crippen LogP contribution in [0.15, 0.2) is 47.4 Å². The Morgan fingerprint density at radius 2 is 1.96 bits per heavy atom. The SMILES string of the molecule is COc1cccc(NS(=O)(=O)c2ccc3c(c2)CC(=O)N3C)c1. The molecule has 0 bridgehead atoms. The fourth-order valence-electron chi connectivity index (χ4n) is 2.51. The van der Waals surface area contributed by atoms with E-state index < -0.39 is 10.0 Å². The number of sulfonamides is 1. The molecule has 6 nitrogen and oxygen atoms in total. The Bertz CT molecular complexity index is 877. The fourth-order valence-corrected chi connectivity index (χ4v) is 3.61. The van der Waals surface area contributed by atoms with E-state index in [1.54, 1.807) is 43.4 Å². The second-order valence-electron chi connectivity index (χ2n) is 5.26. The minimum absolute atomic E-state index is 0.0460. The van der Waals surface area contributed by atoms with Gasteiger partial charge in [0.05, 0.1) is 24.1 Å². The number of carbonyl (C=O) groups is 1. The van der Waals surface area contributed by atoms with Crippen molar-refractivity contribution in [1.82, 2.24) is 0 Å². The lowest BCUT2D eigenvalue weighted by Crippen LogP contribution is -2.20. The second kappa shape index (κ2) is 5.58. The number of benzene rings is 2. The molecule has 0 saturated carbocycles. The Morgan fingerprint density at radius 3 is 2.70 bits per heavy atom. The summed E-state index contributed by atoms with van der Waals surface area (Å²) in [6.45, 7) is 0. The van der Waals surface area contributed by atoms with Crippen molar-refractivity contribution in [3.8, 4) is 5.75 Å². The molecule has 0 unspecified atom stereocenters. The van der Waals surface area contributed by atoms with Crippen LogP contribution in [-0.2, 0) is 21.2 Å². The third-order valence-corrected chi connectivity index (χ3v) is 5.14. The van der Waals surface area contributed by atoms with E-state index in [4.69, 9.17) is 4.74 Å². The molecule has 1 aliphatic rings. The molecule has 7 heteroatoms. The smallest absolute Gasteiger partial charge is 0.261 e. The van der Waals surface area contributed by atoms with E-state index >= 15 is 0 Å². The molecule has 0 spiro atoms. The molecule has 0 atom stereocenters. The van der Waals surface area contributed by atoms with Crippen molar-refractivity contribution < 1.29 is 17.9 Å². The van der Waals surface area contributed by atoms with E-state index in [-0.39, 0.29) is 17.2 Å². The van der Waals surface area contributed by atoms with Crippen molar-refractivity contribution in [2.24, 2.45) is 0 Å². The van der Waals surface area contributed by atoms with Gasteiger partial charge in [-0.2, -0.15) is 0 Å². The zero-order valence-electron chi connectivity index (χ0n) is 12.7. The third kappa shape index (κ3) is 2.87. The molecule has 2 aromatic rings. The zero-order chi connectivity index (χ0) is 16.6. The lowest BCUT2D eigenvalue weighted by Gasteiger charge is -2.12. The predicted octanol–water partition coefficient (Wildman–Crippen LogP) is 2.01. The van der Waals surface area contributed by atoms with Gasteiger partial charge in [0, 0.05) is 18.8 Å².